The van der Waals surface area contributed by atoms with E-state index in [1.165, 1.54) is 29.6 Å². The van der Waals surface area contributed by atoms with E-state index >= 15 is 0 Å². The van der Waals surface area contributed by atoms with E-state index in [9.17, 15) is 0 Å². The quantitative estimate of drug-likeness (QED) is 0.465. The topological polar surface area (TPSA) is 0 Å². The van der Waals surface area contributed by atoms with Crippen LogP contribution in [0.5, 0.6) is 0 Å². The lowest BCUT2D eigenvalue weighted by molar-refractivity contribution is 0.737. The summed E-state index contributed by atoms with van der Waals surface area (Å²) in [5, 5.41) is 5.04. The molecule has 0 N–H and O–H groups in total. The van der Waals surface area contributed by atoms with Gasteiger partial charge in [-0.15, -0.1) is 0 Å². The summed E-state index contributed by atoms with van der Waals surface area (Å²) >= 11 is 0. The van der Waals surface area contributed by atoms with Crippen molar-refractivity contribution in [1.82, 2.24) is 0 Å². The highest BCUT2D eigenvalue weighted by molar-refractivity contribution is 7.08. The predicted octanol–water partition coefficient (Wildman–Crippen LogP) is 6.58. The number of unbranched alkanes of at least 4 members (excludes halogenated alkanes) is 1. The molecule has 0 unspecified atom stereocenters. The molecule has 27 heavy (non-hydrogen) atoms. The van der Waals surface area contributed by atoms with Gasteiger partial charge in [-0.1, -0.05) is 132 Å². The molecule has 0 fully saturated rings. The summed E-state index contributed by atoms with van der Waals surface area (Å²) < 4.78 is 0. The summed E-state index contributed by atoms with van der Waals surface area (Å²) in [7, 11) is -3.48. The highest BCUT2D eigenvalue weighted by Crippen LogP contribution is 2.39. The summed E-state index contributed by atoms with van der Waals surface area (Å²) in [6, 6.07) is 22.7. The van der Waals surface area contributed by atoms with Crippen LogP contribution in [0.25, 0.3) is 0 Å². The van der Waals surface area contributed by atoms with Crippen LogP contribution in [-0.4, -0.2) is 16.1 Å². The first-order valence-corrected chi connectivity index (χ1v) is 16.0. The van der Waals surface area contributed by atoms with Crippen molar-refractivity contribution in [2.75, 3.05) is 0 Å². The van der Waals surface area contributed by atoms with Crippen molar-refractivity contribution >= 4 is 26.5 Å². The fourth-order valence-electron chi connectivity index (χ4n) is 4.11. The number of rotatable bonds is 7. The molecule has 0 amide bonds. The Morgan fingerprint density at radius 1 is 0.815 bits per heavy atom. The van der Waals surface area contributed by atoms with Gasteiger partial charge < -0.3 is 0 Å². The molecule has 0 radical (unpaired) electrons. The zero-order chi connectivity index (χ0) is 20.1. The van der Waals surface area contributed by atoms with Crippen molar-refractivity contribution in [3.8, 4) is 0 Å². The zero-order valence-corrected chi connectivity index (χ0v) is 20.5. The van der Waals surface area contributed by atoms with Gasteiger partial charge in [-0.2, -0.15) is 0 Å². The van der Waals surface area contributed by atoms with Gasteiger partial charge in [0, 0.05) is 0 Å². The highest BCUT2D eigenvalue weighted by atomic mass is 28.3. The lowest BCUT2D eigenvalue weighted by Crippen LogP contribution is -2.63. The van der Waals surface area contributed by atoms with Gasteiger partial charge in [0.1, 0.15) is 8.07 Å². The SMILES string of the molecule is CCCC/C(=C\[Si](c1ccccc1)(c1ccccc1)C(C)(C)C)[Si](C)(C)C. The molecule has 0 heterocycles. The van der Waals surface area contributed by atoms with Crippen LogP contribution in [0.4, 0.5) is 0 Å². The van der Waals surface area contributed by atoms with Gasteiger partial charge in [-0.25, -0.2) is 0 Å². The third-order valence-corrected chi connectivity index (χ3v) is 14.0. The van der Waals surface area contributed by atoms with Crippen molar-refractivity contribution in [3.63, 3.8) is 0 Å². The van der Waals surface area contributed by atoms with Crippen LogP contribution in [0.2, 0.25) is 24.7 Å². The Labute approximate surface area is 169 Å². The van der Waals surface area contributed by atoms with Gasteiger partial charge in [0.15, 0.2) is 0 Å². The molecule has 0 saturated carbocycles. The third-order valence-electron chi connectivity index (χ3n) is 5.80. The zero-order valence-electron chi connectivity index (χ0n) is 18.5. The molecule has 2 heteroatoms. The summed E-state index contributed by atoms with van der Waals surface area (Å²) in [6.45, 7) is 17.2. The van der Waals surface area contributed by atoms with Crippen LogP contribution in [0.3, 0.4) is 0 Å². The molecule has 0 aliphatic rings. The molecule has 0 atom stereocenters. The van der Waals surface area contributed by atoms with Crippen molar-refractivity contribution in [2.45, 2.75) is 71.6 Å². The highest BCUT2D eigenvalue weighted by Gasteiger charge is 2.46. The van der Waals surface area contributed by atoms with E-state index in [0.717, 1.165) is 0 Å². The second-order valence-corrected chi connectivity index (χ2v) is 19.5. The summed E-state index contributed by atoms with van der Waals surface area (Å²) in [4.78, 5) is 0. The number of hydrogen-bond donors (Lipinski definition) is 0. The minimum Gasteiger partial charge on any atom is -0.0901 e. The average Bonchev–Trinajstić information content (AvgIpc) is 2.61. The van der Waals surface area contributed by atoms with E-state index in [4.69, 9.17) is 0 Å². The Kier molecular flexibility index (Phi) is 7.10. The standard InChI is InChI=1S/C25H38Si2/c1-8-9-16-24(26(5,6)7)21-27(25(2,3)4,22-17-12-10-13-18-22)23-19-14-11-15-20-23/h10-15,17-21H,8-9,16H2,1-7H3/b24-21+. The average molecular weight is 395 g/mol. The Morgan fingerprint density at radius 2 is 1.26 bits per heavy atom. The Hall–Kier alpha value is -1.39. The molecule has 2 aromatic carbocycles. The Balaban J connectivity index is 2.85. The van der Waals surface area contributed by atoms with Gasteiger partial charge in [-0.3, -0.25) is 0 Å². The monoisotopic (exact) mass is 394 g/mol. The fraction of sp³-hybridized carbons (Fsp3) is 0.440. The first-order valence-electron chi connectivity index (χ1n) is 10.5. The van der Waals surface area contributed by atoms with Gasteiger partial charge >= 0.3 is 0 Å². The van der Waals surface area contributed by atoms with Crippen LogP contribution in [-0.2, 0) is 0 Å². The number of benzene rings is 2. The third kappa shape index (κ3) is 4.91. The van der Waals surface area contributed by atoms with Gasteiger partial charge in [0.05, 0.1) is 8.07 Å². The second-order valence-electron chi connectivity index (χ2n) is 9.81. The molecule has 0 nitrogen and oxygen atoms in total. The predicted molar refractivity (Wildman–Crippen MR) is 129 cm³/mol. The van der Waals surface area contributed by atoms with Crippen molar-refractivity contribution < 1.29 is 0 Å². The lowest BCUT2D eigenvalue weighted by atomic mass is 10.2. The van der Waals surface area contributed by atoms with Crippen LogP contribution in [0, 0.1) is 0 Å². The number of hydrogen-bond acceptors (Lipinski definition) is 0. The molecule has 0 aliphatic heterocycles. The summed E-state index contributed by atoms with van der Waals surface area (Å²) in [5.41, 5.74) is 2.82. The summed E-state index contributed by atoms with van der Waals surface area (Å²) in [5.74, 6) is 0. The van der Waals surface area contributed by atoms with Crippen LogP contribution < -0.4 is 10.4 Å². The van der Waals surface area contributed by atoms with E-state index in [-0.39, 0.29) is 5.04 Å². The molecule has 0 aliphatic carbocycles. The fourth-order valence-corrected chi connectivity index (χ4v) is 12.4. The van der Waals surface area contributed by atoms with Crippen molar-refractivity contribution in [1.29, 1.82) is 0 Å². The molecule has 0 spiro atoms. The Bertz CT molecular complexity index is 692. The largest absolute Gasteiger partial charge is 0.146 e. The maximum Gasteiger partial charge on any atom is 0.146 e. The molecule has 146 valence electrons. The first-order chi connectivity index (χ1) is 12.6. The van der Waals surface area contributed by atoms with Gasteiger partial charge in [0.2, 0.25) is 0 Å². The van der Waals surface area contributed by atoms with Crippen molar-refractivity contribution in [3.05, 3.63) is 71.6 Å². The van der Waals surface area contributed by atoms with Crippen molar-refractivity contribution in [2.24, 2.45) is 0 Å². The van der Waals surface area contributed by atoms with E-state index in [1.54, 1.807) is 5.20 Å². The molecule has 0 saturated heterocycles. The van der Waals surface area contributed by atoms with E-state index in [1.807, 2.05) is 0 Å². The lowest BCUT2D eigenvalue weighted by Gasteiger charge is -2.43. The van der Waals surface area contributed by atoms with Gasteiger partial charge in [-0.05, 0) is 21.8 Å². The van der Waals surface area contributed by atoms with E-state index in [2.05, 4.69) is 114 Å². The van der Waals surface area contributed by atoms with E-state index in [0.29, 0.717) is 0 Å². The molecular weight excluding hydrogens is 356 g/mol. The second kappa shape index (κ2) is 8.75. The molecule has 2 rings (SSSR count). The molecule has 0 aromatic heterocycles. The molecular formula is C25H38Si2. The maximum absolute atomic E-state index is 2.82. The van der Waals surface area contributed by atoms with Crippen LogP contribution in [0.15, 0.2) is 71.6 Å². The molecule has 0 bridgehead atoms. The van der Waals surface area contributed by atoms with Gasteiger partial charge in [0.25, 0.3) is 0 Å². The minimum absolute atomic E-state index is 0.201. The number of allylic oxidation sites excluding steroid dienone is 1. The maximum atomic E-state index is 2.82. The normalized spacial score (nSPS) is 13.7. The minimum atomic E-state index is -2.10. The van der Waals surface area contributed by atoms with Crippen LogP contribution >= 0.6 is 0 Å². The molecule has 2 aromatic rings. The van der Waals surface area contributed by atoms with E-state index < -0.39 is 16.1 Å². The smallest absolute Gasteiger partial charge is 0.0901 e. The summed E-state index contributed by atoms with van der Waals surface area (Å²) in [6.07, 6.45) is 3.83. The van der Waals surface area contributed by atoms with Crippen LogP contribution in [0.1, 0.15) is 47.0 Å². The first kappa shape index (κ1) is 21.9. The Morgan fingerprint density at radius 3 is 1.59 bits per heavy atom.